The van der Waals surface area contributed by atoms with Crippen LogP contribution < -0.4 is 15.5 Å². The highest BCUT2D eigenvalue weighted by Crippen LogP contribution is 2.33. The van der Waals surface area contributed by atoms with Crippen molar-refractivity contribution in [2.45, 2.75) is 51.6 Å². The summed E-state index contributed by atoms with van der Waals surface area (Å²) in [6.45, 7) is 4.29. The van der Waals surface area contributed by atoms with Gasteiger partial charge in [0.2, 0.25) is 0 Å². The molecule has 39 heavy (non-hydrogen) atoms. The van der Waals surface area contributed by atoms with E-state index < -0.39 is 53.8 Å². The minimum atomic E-state index is -4.25. The molecule has 1 aliphatic rings. The first-order chi connectivity index (χ1) is 18.1. The molecule has 0 saturated carbocycles. The zero-order chi connectivity index (χ0) is 29.1. The zero-order valence-electron chi connectivity index (χ0n) is 21.6. The van der Waals surface area contributed by atoms with Crippen LogP contribution in [-0.4, -0.2) is 60.8 Å². The molecule has 2 aromatic rings. The third-order valence-corrected chi connectivity index (χ3v) is 6.56. The van der Waals surface area contributed by atoms with E-state index in [-0.39, 0.29) is 23.8 Å². The maximum absolute atomic E-state index is 14.8. The van der Waals surface area contributed by atoms with E-state index in [2.05, 4.69) is 10.6 Å². The lowest BCUT2D eigenvalue weighted by Gasteiger charge is -2.42. The number of rotatable bonds is 8. The first-order valence-corrected chi connectivity index (χ1v) is 12.6. The van der Waals surface area contributed by atoms with Crippen LogP contribution in [0.1, 0.15) is 43.1 Å². The average Bonchev–Trinajstić information content (AvgIpc) is 2.83. The molecule has 214 valence electrons. The normalized spacial score (nSPS) is 16.8. The summed E-state index contributed by atoms with van der Waals surface area (Å²) in [6.07, 6.45) is -5.17. The number of hydrogen-bond donors (Lipinski definition) is 2. The van der Waals surface area contributed by atoms with E-state index in [0.29, 0.717) is 30.3 Å². The van der Waals surface area contributed by atoms with Crippen LogP contribution >= 0.6 is 11.6 Å². The lowest BCUT2D eigenvalue weighted by molar-refractivity contribution is -0.138. The Bertz CT molecular complexity index is 1220. The number of nitrogens with zero attached hydrogens (tertiary/aromatic N) is 2. The lowest BCUT2D eigenvalue weighted by atomic mass is 10.1. The minimum Gasteiger partial charge on any atom is -0.365 e. The first kappa shape index (κ1) is 30.6. The standard InChI is InChI=1S/C26H29ClF6N4O2/c1-15-14-36(9-8-26(31,32)33)10-11-37(15)20-12-17(27)5-7-19(20)35-23(38)18-6-4-16(21(28)22(18)29)13-34-24(39)25(2,3)30/h4-7,12,15H,8-11,13-14H2,1-3H3,(H,34,39)(H,35,38)/t15-/m1/s1. The number of anilines is 2. The van der Waals surface area contributed by atoms with Gasteiger partial charge in [-0.15, -0.1) is 0 Å². The fraction of sp³-hybridized carbons (Fsp3) is 0.462. The molecule has 2 amide bonds. The predicted molar refractivity (Wildman–Crippen MR) is 137 cm³/mol. The van der Waals surface area contributed by atoms with Gasteiger partial charge in [-0.25, -0.2) is 13.2 Å². The van der Waals surface area contributed by atoms with E-state index in [0.717, 1.165) is 26.0 Å². The van der Waals surface area contributed by atoms with Crippen molar-refractivity contribution in [3.8, 4) is 0 Å². The SMILES string of the molecule is C[C@@H]1CN(CCC(F)(F)F)CCN1c1cc(Cl)ccc1NC(=O)c1ccc(CNC(=O)C(C)(C)F)c(F)c1F. The molecule has 1 saturated heterocycles. The molecular formula is C26H29ClF6N4O2. The van der Waals surface area contributed by atoms with E-state index in [1.165, 1.54) is 12.1 Å². The molecule has 2 aromatic carbocycles. The quantitative estimate of drug-likeness (QED) is 0.395. The molecule has 0 radical (unpaired) electrons. The summed E-state index contributed by atoms with van der Waals surface area (Å²) in [7, 11) is 0. The van der Waals surface area contributed by atoms with Gasteiger partial charge in [-0.1, -0.05) is 17.7 Å². The number of amides is 2. The van der Waals surface area contributed by atoms with Crippen LogP contribution in [0.15, 0.2) is 30.3 Å². The Labute approximate surface area is 227 Å². The van der Waals surface area contributed by atoms with Crippen molar-refractivity contribution < 1.29 is 35.9 Å². The van der Waals surface area contributed by atoms with E-state index in [1.54, 1.807) is 11.0 Å². The highest BCUT2D eigenvalue weighted by molar-refractivity contribution is 6.31. The number of carbonyl (C=O) groups excluding carboxylic acids is 2. The third kappa shape index (κ3) is 8.01. The van der Waals surface area contributed by atoms with Crippen LogP contribution in [-0.2, 0) is 11.3 Å². The molecule has 1 aliphatic heterocycles. The maximum Gasteiger partial charge on any atom is 0.390 e. The molecule has 13 heteroatoms. The van der Waals surface area contributed by atoms with E-state index in [9.17, 15) is 35.9 Å². The van der Waals surface area contributed by atoms with E-state index >= 15 is 0 Å². The van der Waals surface area contributed by atoms with Gasteiger partial charge in [0.15, 0.2) is 17.3 Å². The van der Waals surface area contributed by atoms with Crippen molar-refractivity contribution in [1.82, 2.24) is 10.2 Å². The van der Waals surface area contributed by atoms with Crippen molar-refractivity contribution in [3.05, 3.63) is 58.1 Å². The molecule has 1 heterocycles. The number of nitrogens with one attached hydrogen (secondary N) is 2. The summed E-state index contributed by atoms with van der Waals surface area (Å²) in [5.41, 5.74) is -2.35. The number of benzene rings is 2. The van der Waals surface area contributed by atoms with Crippen LogP contribution in [0.5, 0.6) is 0 Å². The van der Waals surface area contributed by atoms with Crippen molar-refractivity contribution >= 4 is 34.8 Å². The molecule has 2 N–H and O–H groups in total. The Morgan fingerprint density at radius 1 is 1.05 bits per heavy atom. The molecule has 0 aromatic heterocycles. The topological polar surface area (TPSA) is 64.7 Å². The number of piperazine rings is 1. The summed E-state index contributed by atoms with van der Waals surface area (Å²) in [5.74, 6) is -4.76. The fourth-order valence-corrected chi connectivity index (χ4v) is 4.37. The average molecular weight is 579 g/mol. The molecule has 0 spiro atoms. The van der Waals surface area contributed by atoms with Gasteiger partial charge in [0.05, 0.1) is 23.4 Å². The van der Waals surface area contributed by atoms with Crippen molar-refractivity contribution in [2.75, 3.05) is 36.4 Å². The Morgan fingerprint density at radius 3 is 2.36 bits per heavy atom. The second-order valence-electron chi connectivity index (χ2n) is 9.88. The Morgan fingerprint density at radius 2 is 1.74 bits per heavy atom. The second-order valence-corrected chi connectivity index (χ2v) is 10.3. The number of carbonyl (C=O) groups is 2. The number of halogens is 7. The summed E-state index contributed by atoms with van der Waals surface area (Å²) < 4.78 is 81.0. The van der Waals surface area contributed by atoms with Crippen LogP contribution in [0.4, 0.5) is 37.7 Å². The molecule has 3 rings (SSSR count). The van der Waals surface area contributed by atoms with Crippen molar-refractivity contribution in [3.63, 3.8) is 0 Å². The van der Waals surface area contributed by atoms with Gasteiger partial charge in [-0.3, -0.25) is 14.5 Å². The highest BCUT2D eigenvalue weighted by atomic mass is 35.5. The molecule has 1 fully saturated rings. The fourth-order valence-electron chi connectivity index (χ4n) is 4.20. The van der Waals surface area contributed by atoms with Gasteiger partial charge in [0, 0.05) is 49.4 Å². The highest BCUT2D eigenvalue weighted by Gasteiger charge is 2.32. The molecule has 0 bridgehead atoms. The monoisotopic (exact) mass is 578 g/mol. The van der Waals surface area contributed by atoms with Crippen LogP contribution in [0, 0.1) is 11.6 Å². The summed E-state index contributed by atoms with van der Waals surface area (Å²) >= 11 is 6.17. The molecule has 1 atom stereocenters. The van der Waals surface area contributed by atoms with Gasteiger partial charge in [0.25, 0.3) is 11.8 Å². The summed E-state index contributed by atoms with van der Waals surface area (Å²) in [5, 5.41) is 5.07. The smallest absolute Gasteiger partial charge is 0.365 e. The Balaban J connectivity index is 1.75. The van der Waals surface area contributed by atoms with Crippen LogP contribution in [0.3, 0.4) is 0 Å². The minimum absolute atomic E-state index is 0.128. The first-order valence-electron chi connectivity index (χ1n) is 12.2. The van der Waals surface area contributed by atoms with Crippen LogP contribution in [0.2, 0.25) is 5.02 Å². The van der Waals surface area contributed by atoms with Gasteiger partial charge in [0.1, 0.15) is 0 Å². The number of hydrogen-bond acceptors (Lipinski definition) is 4. The van der Waals surface area contributed by atoms with Gasteiger partial charge < -0.3 is 15.5 Å². The Hall–Kier alpha value is -2.99. The van der Waals surface area contributed by atoms with Crippen molar-refractivity contribution in [1.29, 1.82) is 0 Å². The zero-order valence-corrected chi connectivity index (χ0v) is 22.3. The largest absolute Gasteiger partial charge is 0.390 e. The van der Waals surface area contributed by atoms with Gasteiger partial charge >= 0.3 is 6.18 Å². The maximum atomic E-state index is 14.8. The summed E-state index contributed by atoms with van der Waals surface area (Å²) in [4.78, 5) is 28.2. The summed E-state index contributed by atoms with van der Waals surface area (Å²) in [6, 6.07) is 6.50. The Kier molecular flexibility index (Phi) is 9.43. The van der Waals surface area contributed by atoms with Gasteiger partial charge in [-0.2, -0.15) is 13.2 Å². The van der Waals surface area contributed by atoms with Crippen molar-refractivity contribution in [2.24, 2.45) is 0 Å². The van der Waals surface area contributed by atoms with Gasteiger partial charge in [-0.05, 0) is 45.0 Å². The van der Waals surface area contributed by atoms with E-state index in [4.69, 9.17) is 11.6 Å². The number of alkyl halides is 4. The predicted octanol–water partition coefficient (Wildman–Crippen LogP) is 5.70. The third-order valence-electron chi connectivity index (χ3n) is 6.33. The lowest BCUT2D eigenvalue weighted by Crippen LogP contribution is -2.52. The molecular weight excluding hydrogens is 550 g/mol. The second kappa shape index (κ2) is 12.0. The molecule has 0 unspecified atom stereocenters. The molecule has 0 aliphatic carbocycles. The van der Waals surface area contributed by atoms with Crippen LogP contribution in [0.25, 0.3) is 0 Å². The molecule has 6 nitrogen and oxygen atoms in total. The van der Waals surface area contributed by atoms with E-state index in [1.807, 2.05) is 11.8 Å².